The molecule has 0 aliphatic heterocycles. The van der Waals surface area contributed by atoms with Gasteiger partial charge in [0.05, 0.1) is 5.56 Å². The third-order valence-corrected chi connectivity index (χ3v) is 5.81. The van der Waals surface area contributed by atoms with Gasteiger partial charge in [-0.15, -0.1) is 0 Å². The molecule has 0 aromatic heterocycles. The Morgan fingerprint density at radius 1 is 0.697 bits per heavy atom. The van der Waals surface area contributed by atoms with Gasteiger partial charge in [0.2, 0.25) is 0 Å². The van der Waals surface area contributed by atoms with Crippen molar-refractivity contribution in [1.29, 1.82) is 0 Å². The Labute approximate surface area is 200 Å². The van der Waals surface area contributed by atoms with Gasteiger partial charge in [-0.3, -0.25) is 0 Å². The SMILES string of the molecule is CC(C)=CCC/C(C)=C/CCC(C)=CCC/C(C)=C/COC(=O)c1cccc2ccccc12. The molecule has 2 nitrogen and oxygen atoms in total. The smallest absolute Gasteiger partial charge is 0.339 e. The first-order valence-corrected chi connectivity index (χ1v) is 12.1. The number of rotatable bonds is 12. The fraction of sp³-hybridized carbons (Fsp3) is 0.387. The lowest BCUT2D eigenvalue weighted by Gasteiger charge is -2.07. The van der Waals surface area contributed by atoms with E-state index in [1.807, 2.05) is 48.5 Å². The molecular weight excluding hydrogens is 404 g/mol. The molecule has 2 heteroatoms. The second-order valence-corrected chi connectivity index (χ2v) is 9.17. The summed E-state index contributed by atoms with van der Waals surface area (Å²) in [6.07, 6.45) is 15.6. The minimum atomic E-state index is -0.268. The molecule has 0 atom stereocenters. The molecule has 0 amide bonds. The van der Waals surface area contributed by atoms with Crippen LogP contribution in [0.25, 0.3) is 10.8 Å². The van der Waals surface area contributed by atoms with Gasteiger partial charge < -0.3 is 4.74 Å². The number of hydrogen-bond donors (Lipinski definition) is 0. The van der Waals surface area contributed by atoms with E-state index in [1.165, 1.54) is 22.3 Å². The number of hydrogen-bond acceptors (Lipinski definition) is 2. The summed E-state index contributed by atoms with van der Waals surface area (Å²) in [6, 6.07) is 13.6. The zero-order valence-electron chi connectivity index (χ0n) is 21.1. The van der Waals surface area contributed by atoms with Crippen LogP contribution in [0.3, 0.4) is 0 Å². The normalized spacial score (nSPS) is 12.7. The number of ether oxygens (including phenoxy) is 1. The molecule has 0 fully saturated rings. The molecule has 0 aliphatic rings. The van der Waals surface area contributed by atoms with Crippen LogP contribution in [0.4, 0.5) is 0 Å². The summed E-state index contributed by atoms with van der Waals surface area (Å²) in [4.78, 5) is 12.5. The minimum absolute atomic E-state index is 0.268. The molecule has 2 aromatic rings. The van der Waals surface area contributed by atoms with Crippen LogP contribution in [0.2, 0.25) is 0 Å². The molecule has 0 saturated heterocycles. The second kappa shape index (κ2) is 14.3. The molecule has 2 aromatic carbocycles. The second-order valence-electron chi connectivity index (χ2n) is 9.17. The minimum Gasteiger partial charge on any atom is -0.458 e. The largest absolute Gasteiger partial charge is 0.458 e. The average molecular weight is 445 g/mol. The van der Waals surface area contributed by atoms with E-state index in [2.05, 4.69) is 52.8 Å². The summed E-state index contributed by atoms with van der Waals surface area (Å²) in [5.41, 5.74) is 6.20. The molecule has 0 aliphatic carbocycles. The van der Waals surface area contributed by atoms with Crippen LogP contribution in [0, 0.1) is 0 Å². The summed E-state index contributed by atoms with van der Waals surface area (Å²) in [7, 11) is 0. The van der Waals surface area contributed by atoms with Crippen molar-refractivity contribution in [3.8, 4) is 0 Å². The van der Waals surface area contributed by atoms with E-state index in [1.54, 1.807) is 0 Å². The molecule has 0 unspecified atom stereocenters. The van der Waals surface area contributed by atoms with Gasteiger partial charge in [-0.05, 0) is 96.1 Å². The van der Waals surface area contributed by atoms with E-state index in [0.29, 0.717) is 12.2 Å². The fourth-order valence-electron chi connectivity index (χ4n) is 3.73. The number of fused-ring (bicyclic) bond motifs is 1. The van der Waals surface area contributed by atoms with E-state index >= 15 is 0 Å². The lowest BCUT2D eigenvalue weighted by molar-refractivity contribution is 0.0551. The molecule has 0 saturated carbocycles. The standard InChI is InChI=1S/C31H40O2/c1-24(2)12-8-13-25(3)14-9-15-26(4)16-10-17-27(5)22-23-33-31(32)30-21-11-19-28-18-6-7-20-29(28)30/h6-7,11-12,14,16,18-22H,8-10,13,15,17,23H2,1-5H3/b25-14+,26-16?,27-22+. The lowest BCUT2D eigenvalue weighted by Crippen LogP contribution is -2.06. The Kier molecular flexibility index (Phi) is 11.4. The predicted octanol–water partition coefficient (Wildman–Crippen LogP) is 9.14. The van der Waals surface area contributed by atoms with Crippen LogP contribution < -0.4 is 0 Å². The highest BCUT2D eigenvalue weighted by Gasteiger charge is 2.10. The van der Waals surface area contributed by atoms with Gasteiger partial charge >= 0.3 is 5.97 Å². The van der Waals surface area contributed by atoms with Gasteiger partial charge in [-0.2, -0.15) is 0 Å². The molecule has 0 bridgehead atoms. The topological polar surface area (TPSA) is 26.3 Å². The van der Waals surface area contributed by atoms with Gasteiger partial charge in [-0.1, -0.05) is 76.9 Å². The highest BCUT2D eigenvalue weighted by molar-refractivity contribution is 6.04. The molecule has 2 rings (SSSR count). The van der Waals surface area contributed by atoms with Crippen molar-refractivity contribution < 1.29 is 9.53 Å². The van der Waals surface area contributed by atoms with Crippen LogP contribution in [0.1, 0.15) is 83.5 Å². The van der Waals surface area contributed by atoms with Crippen LogP contribution >= 0.6 is 0 Å². The summed E-state index contributed by atoms with van der Waals surface area (Å²) in [5, 5.41) is 1.99. The van der Waals surface area contributed by atoms with E-state index in [9.17, 15) is 4.79 Å². The van der Waals surface area contributed by atoms with Gasteiger partial charge in [0.1, 0.15) is 6.61 Å². The molecular formula is C31H40O2. The maximum Gasteiger partial charge on any atom is 0.339 e. The Morgan fingerprint density at radius 3 is 1.88 bits per heavy atom. The Hall–Kier alpha value is -2.87. The number of esters is 1. The first-order valence-electron chi connectivity index (χ1n) is 12.1. The van der Waals surface area contributed by atoms with E-state index < -0.39 is 0 Å². The third-order valence-electron chi connectivity index (χ3n) is 5.81. The van der Waals surface area contributed by atoms with Crippen LogP contribution in [0.15, 0.2) is 89.1 Å². The van der Waals surface area contributed by atoms with Gasteiger partial charge in [0, 0.05) is 0 Å². The van der Waals surface area contributed by atoms with Crippen LogP contribution in [0.5, 0.6) is 0 Å². The summed E-state index contributed by atoms with van der Waals surface area (Å²) < 4.78 is 5.51. The highest BCUT2D eigenvalue weighted by atomic mass is 16.5. The number of carbonyl (C=O) groups is 1. The summed E-state index contributed by atoms with van der Waals surface area (Å²) in [6.45, 7) is 11.2. The van der Waals surface area contributed by atoms with Crippen LogP contribution in [-0.2, 0) is 4.74 Å². The van der Waals surface area contributed by atoms with E-state index in [0.717, 1.165) is 49.3 Å². The predicted molar refractivity (Wildman–Crippen MR) is 143 cm³/mol. The number of carbonyl (C=O) groups excluding carboxylic acids is 1. The van der Waals surface area contributed by atoms with E-state index in [-0.39, 0.29) is 5.97 Å². The molecule has 0 heterocycles. The quantitative estimate of drug-likeness (QED) is 0.241. The lowest BCUT2D eigenvalue weighted by atomic mass is 10.0. The van der Waals surface area contributed by atoms with Crippen molar-refractivity contribution >= 4 is 16.7 Å². The zero-order valence-corrected chi connectivity index (χ0v) is 21.1. The van der Waals surface area contributed by atoms with E-state index in [4.69, 9.17) is 4.74 Å². The fourth-order valence-corrected chi connectivity index (χ4v) is 3.73. The monoisotopic (exact) mass is 444 g/mol. The molecule has 0 radical (unpaired) electrons. The van der Waals surface area contributed by atoms with Crippen molar-refractivity contribution in [2.75, 3.05) is 6.61 Å². The van der Waals surface area contributed by atoms with Gasteiger partial charge in [0.15, 0.2) is 0 Å². The van der Waals surface area contributed by atoms with Crippen molar-refractivity contribution in [1.82, 2.24) is 0 Å². The molecule has 33 heavy (non-hydrogen) atoms. The van der Waals surface area contributed by atoms with Crippen molar-refractivity contribution in [3.05, 3.63) is 94.6 Å². The highest BCUT2D eigenvalue weighted by Crippen LogP contribution is 2.19. The van der Waals surface area contributed by atoms with Crippen LogP contribution in [-0.4, -0.2) is 12.6 Å². The molecule has 176 valence electrons. The van der Waals surface area contributed by atoms with Gasteiger partial charge in [0.25, 0.3) is 0 Å². The van der Waals surface area contributed by atoms with Crippen molar-refractivity contribution in [3.63, 3.8) is 0 Å². The first-order chi connectivity index (χ1) is 15.9. The summed E-state index contributed by atoms with van der Waals surface area (Å²) >= 11 is 0. The van der Waals surface area contributed by atoms with Crippen molar-refractivity contribution in [2.24, 2.45) is 0 Å². The van der Waals surface area contributed by atoms with Gasteiger partial charge in [-0.25, -0.2) is 4.79 Å². The Bertz CT molecular complexity index is 1020. The Balaban J connectivity index is 1.71. The Morgan fingerprint density at radius 2 is 1.24 bits per heavy atom. The average Bonchev–Trinajstić information content (AvgIpc) is 2.78. The maximum absolute atomic E-state index is 12.5. The molecule has 0 spiro atoms. The number of benzene rings is 2. The first kappa shape index (κ1) is 26.4. The maximum atomic E-state index is 12.5. The summed E-state index contributed by atoms with van der Waals surface area (Å²) in [5.74, 6) is -0.268. The third kappa shape index (κ3) is 10.1. The zero-order chi connectivity index (χ0) is 24.1. The van der Waals surface area contributed by atoms with Crippen molar-refractivity contribution in [2.45, 2.75) is 73.1 Å². The number of allylic oxidation sites excluding steroid dienone is 7. The molecule has 0 N–H and O–H groups in total.